The second-order valence-electron chi connectivity index (χ2n) is 6.13. The van der Waals surface area contributed by atoms with E-state index in [0.717, 1.165) is 11.8 Å². The summed E-state index contributed by atoms with van der Waals surface area (Å²) in [5.41, 5.74) is 0.561. The fourth-order valence-corrected chi connectivity index (χ4v) is 3.22. The third kappa shape index (κ3) is 3.21. The predicted octanol–water partition coefficient (Wildman–Crippen LogP) is 2.40. The van der Waals surface area contributed by atoms with Crippen molar-refractivity contribution < 1.29 is 0 Å². The highest BCUT2D eigenvalue weighted by atomic mass is 14.9. The number of rotatable bonds is 6. The lowest BCUT2D eigenvalue weighted by Crippen LogP contribution is -2.46. The molecular formula is C14H28N2. The molecule has 0 amide bonds. The maximum atomic E-state index is 3.73. The van der Waals surface area contributed by atoms with Crippen LogP contribution in [0.2, 0.25) is 0 Å². The smallest absolute Gasteiger partial charge is 0.00201 e. The van der Waals surface area contributed by atoms with Gasteiger partial charge in [0.15, 0.2) is 0 Å². The summed E-state index contributed by atoms with van der Waals surface area (Å²) in [6.07, 6.45) is 6.94. The van der Waals surface area contributed by atoms with E-state index in [1.807, 2.05) is 0 Å². The van der Waals surface area contributed by atoms with Gasteiger partial charge >= 0.3 is 0 Å². The Balaban J connectivity index is 1.72. The van der Waals surface area contributed by atoms with Gasteiger partial charge in [0, 0.05) is 13.1 Å². The fraction of sp³-hybridized carbons (Fsp3) is 1.00. The van der Waals surface area contributed by atoms with Gasteiger partial charge in [-0.05, 0) is 56.0 Å². The summed E-state index contributed by atoms with van der Waals surface area (Å²) >= 11 is 0. The molecule has 0 aromatic rings. The number of hydrogen-bond donors (Lipinski definition) is 2. The van der Waals surface area contributed by atoms with Gasteiger partial charge in [0.05, 0.1) is 0 Å². The van der Waals surface area contributed by atoms with Gasteiger partial charge in [0.1, 0.15) is 0 Å². The summed E-state index contributed by atoms with van der Waals surface area (Å²) < 4.78 is 0. The Morgan fingerprint density at radius 2 is 2.25 bits per heavy atom. The van der Waals surface area contributed by atoms with E-state index >= 15 is 0 Å². The minimum Gasteiger partial charge on any atom is -0.316 e. The standard InChI is InChI=1S/C14H28N2/c1-3-5-14(6-4-7-15-10-14)11-16-9-13-8-12(13)2/h12-13,15-16H,3-11H2,1-2H3. The molecule has 94 valence electrons. The van der Waals surface area contributed by atoms with E-state index in [9.17, 15) is 0 Å². The SMILES string of the molecule is CCCC1(CNCC2CC2C)CCCNC1. The zero-order valence-corrected chi connectivity index (χ0v) is 11.0. The van der Waals surface area contributed by atoms with E-state index < -0.39 is 0 Å². The van der Waals surface area contributed by atoms with Gasteiger partial charge < -0.3 is 10.6 Å². The Kier molecular flexibility index (Phi) is 4.26. The number of piperidine rings is 1. The first-order valence-corrected chi connectivity index (χ1v) is 7.17. The molecule has 0 aromatic heterocycles. The van der Waals surface area contributed by atoms with Gasteiger partial charge in [-0.15, -0.1) is 0 Å². The zero-order valence-electron chi connectivity index (χ0n) is 11.0. The van der Waals surface area contributed by atoms with Gasteiger partial charge in [-0.2, -0.15) is 0 Å². The van der Waals surface area contributed by atoms with Gasteiger partial charge in [-0.25, -0.2) is 0 Å². The van der Waals surface area contributed by atoms with Crippen LogP contribution < -0.4 is 10.6 Å². The van der Waals surface area contributed by atoms with Crippen molar-refractivity contribution in [3.8, 4) is 0 Å². The molecule has 0 bridgehead atoms. The normalized spacial score (nSPS) is 38.6. The highest BCUT2D eigenvalue weighted by molar-refractivity contribution is 4.89. The highest BCUT2D eigenvalue weighted by Gasteiger charge is 2.34. The van der Waals surface area contributed by atoms with Crippen molar-refractivity contribution in [2.75, 3.05) is 26.2 Å². The molecule has 2 rings (SSSR count). The molecule has 2 fully saturated rings. The molecule has 2 aliphatic rings. The van der Waals surface area contributed by atoms with Crippen LogP contribution in [0.15, 0.2) is 0 Å². The van der Waals surface area contributed by atoms with Crippen molar-refractivity contribution in [3.63, 3.8) is 0 Å². The summed E-state index contributed by atoms with van der Waals surface area (Å²) in [4.78, 5) is 0. The van der Waals surface area contributed by atoms with E-state index in [-0.39, 0.29) is 0 Å². The maximum absolute atomic E-state index is 3.73. The van der Waals surface area contributed by atoms with Crippen LogP contribution in [-0.4, -0.2) is 26.2 Å². The molecule has 2 nitrogen and oxygen atoms in total. The Hall–Kier alpha value is -0.0800. The van der Waals surface area contributed by atoms with Crippen LogP contribution in [0.4, 0.5) is 0 Å². The Bertz CT molecular complexity index is 203. The van der Waals surface area contributed by atoms with Crippen molar-refractivity contribution >= 4 is 0 Å². The first-order chi connectivity index (χ1) is 7.76. The summed E-state index contributed by atoms with van der Waals surface area (Å²) in [5, 5.41) is 7.32. The van der Waals surface area contributed by atoms with E-state index in [2.05, 4.69) is 24.5 Å². The van der Waals surface area contributed by atoms with Crippen LogP contribution in [0, 0.1) is 17.3 Å². The van der Waals surface area contributed by atoms with E-state index in [4.69, 9.17) is 0 Å². The van der Waals surface area contributed by atoms with Crippen molar-refractivity contribution in [2.45, 2.75) is 46.0 Å². The topological polar surface area (TPSA) is 24.1 Å². The van der Waals surface area contributed by atoms with E-state index in [1.165, 1.54) is 58.3 Å². The molecule has 2 N–H and O–H groups in total. The minimum atomic E-state index is 0.561. The molecule has 3 atom stereocenters. The largest absolute Gasteiger partial charge is 0.316 e. The predicted molar refractivity (Wildman–Crippen MR) is 69.6 cm³/mol. The lowest BCUT2D eigenvalue weighted by Gasteiger charge is -2.38. The quantitative estimate of drug-likeness (QED) is 0.724. The highest BCUT2D eigenvalue weighted by Crippen LogP contribution is 2.37. The lowest BCUT2D eigenvalue weighted by atomic mass is 9.77. The maximum Gasteiger partial charge on any atom is 0.00201 e. The molecule has 1 aliphatic heterocycles. The van der Waals surface area contributed by atoms with Crippen LogP contribution in [0.1, 0.15) is 46.0 Å². The summed E-state index contributed by atoms with van der Waals surface area (Å²) in [7, 11) is 0. The molecule has 0 spiro atoms. The van der Waals surface area contributed by atoms with Crippen LogP contribution >= 0.6 is 0 Å². The van der Waals surface area contributed by atoms with Gasteiger partial charge in [-0.1, -0.05) is 20.3 Å². The molecular weight excluding hydrogens is 196 g/mol. The first-order valence-electron chi connectivity index (χ1n) is 7.17. The molecule has 16 heavy (non-hydrogen) atoms. The second-order valence-corrected chi connectivity index (χ2v) is 6.13. The fourth-order valence-electron chi connectivity index (χ4n) is 3.22. The minimum absolute atomic E-state index is 0.561. The van der Waals surface area contributed by atoms with Crippen LogP contribution in [0.3, 0.4) is 0 Å². The van der Waals surface area contributed by atoms with Gasteiger partial charge in [0.2, 0.25) is 0 Å². The Labute approximate surface area is 101 Å². The summed E-state index contributed by atoms with van der Waals surface area (Å²) in [5.74, 6) is 1.97. The molecule has 1 aliphatic carbocycles. The number of hydrogen-bond acceptors (Lipinski definition) is 2. The number of nitrogens with one attached hydrogen (secondary N) is 2. The van der Waals surface area contributed by atoms with E-state index in [1.54, 1.807) is 0 Å². The summed E-state index contributed by atoms with van der Waals surface area (Å²) in [6.45, 7) is 9.64. The van der Waals surface area contributed by atoms with Gasteiger partial charge in [0.25, 0.3) is 0 Å². The van der Waals surface area contributed by atoms with Crippen molar-refractivity contribution in [1.82, 2.24) is 10.6 Å². The van der Waals surface area contributed by atoms with Crippen molar-refractivity contribution in [3.05, 3.63) is 0 Å². The average Bonchev–Trinajstić information content (AvgIpc) is 2.96. The average molecular weight is 224 g/mol. The molecule has 2 heteroatoms. The molecule has 1 heterocycles. The molecule has 1 saturated heterocycles. The first kappa shape index (κ1) is 12.4. The molecule has 0 radical (unpaired) electrons. The van der Waals surface area contributed by atoms with Crippen molar-refractivity contribution in [2.24, 2.45) is 17.3 Å². The molecule has 1 saturated carbocycles. The van der Waals surface area contributed by atoms with E-state index in [0.29, 0.717) is 5.41 Å². The van der Waals surface area contributed by atoms with Crippen molar-refractivity contribution in [1.29, 1.82) is 0 Å². The third-order valence-electron chi connectivity index (χ3n) is 4.52. The zero-order chi connectivity index (χ0) is 11.4. The van der Waals surface area contributed by atoms with Crippen LogP contribution in [-0.2, 0) is 0 Å². The van der Waals surface area contributed by atoms with Crippen LogP contribution in [0.25, 0.3) is 0 Å². The lowest BCUT2D eigenvalue weighted by molar-refractivity contribution is 0.182. The monoisotopic (exact) mass is 224 g/mol. The molecule has 3 unspecified atom stereocenters. The Morgan fingerprint density at radius 1 is 1.44 bits per heavy atom. The second kappa shape index (κ2) is 5.50. The third-order valence-corrected chi connectivity index (χ3v) is 4.52. The molecule has 0 aromatic carbocycles. The Morgan fingerprint density at radius 3 is 2.81 bits per heavy atom. The van der Waals surface area contributed by atoms with Crippen LogP contribution in [0.5, 0.6) is 0 Å². The summed E-state index contributed by atoms with van der Waals surface area (Å²) in [6, 6.07) is 0. The van der Waals surface area contributed by atoms with Gasteiger partial charge in [-0.3, -0.25) is 0 Å².